The van der Waals surface area contributed by atoms with Gasteiger partial charge in [0.15, 0.2) is 0 Å². The van der Waals surface area contributed by atoms with E-state index >= 15 is 0 Å². The van der Waals surface area contributed by atoms with Crippen molar-refractivity contribution in [2.75, 3.05) is 5.32 Å². The summed E-state index contributed by atoms with van der Waals surface area (Å²) in [5.74, 6) is 0.00311. The average molecular weight is 308 g/mol. The van der Waals surface area contributed by atoms with E-state index in [9.17, 15) is 9.18 Å². The molecule has 114 valence electrons. The Bertz CT molecular complexity index is 875. The van der Waals surface area contributed by atoms with Crippen molar-refractivity contribution in [1.29, 1.82) is 0 Å². The molecule has 0 saturated heterocycles. The fourth-order valence-corrected chi connectivity index (χ4v) is 2.89. The van der Waals surface area contributed by atoms with E-state index in [2.05, 4.69) is 15.3 Å². The second-order valence-corrected chi connectivity index (χ2v) is 5.42. The maximum Gasteiger partial charge on any atom is 0.226 e. The van der Waals surface area contributed by atoms with Gasteiger partial charge in [0.1, 0.15) is 18.0 Å². The van der Waals surface area contributed by atoms with E-state index in [-0.39, 0.29) is 17.6 Å². The van der Waals surface area contributed by atoms with Gasteiger partial charge in [-0.1, -0.05) is 12.1 Å². The number of carbonyl (C=O) groups is 1. The highest BCUT2D eigenvalue weighted by Gasteiger charge is 2.31. The Balaban J connectivity index is 1.83. The molecular weight excluding hydrogens is 295 g/mol. The van der Waals surface area contributed by atoms with Crippen molar-refractivity contribution in [2.24, 2.45) is 0 Å². The first-order valence-corrected chi connectivity index (χ1v) is 7.25. The van der Waals surface area contributed by atoms with E-state index in [1.165, 1.54) is 12.1 Å². The monoisotopic (exact) mass is 308 g/mol. The molecule has 5 nitrogen and oxygen atoms in total. The van der Waals surface area contributed by atoms with E-state index in [0.717, 1.165) is 11.3 Å². The molecule has 1 aliphatic heterocycles. The molecule has 4 rings (SSSR count). The second kappa shape index (κ2) is 5.31. The van der Waals surface area contributed by atoms with Gasteiger partial charge < -0.3 is 5.32 Å². The highest BCUT2D eigenvalue weighted by atomic mass is 19.1. The fourth-order valence-electron chi connectivity index (χ4n) is 2.89. The van der Waals surface area contributed by atoms with Gasteiger partial charge in [-0.15, -0.1) is 0 Å². The molecule has 1 amide bonds. The summed E-state index contributed by atoms with van der Waals surface area (Å²) in [5.41, 5.74) is 2.32. The fraction of sp³-hybridized carbons (Fsp3) is 0.118. The van der Waals surface area contributed by atoms with Crippen LogP contribution < -0.4 is 5.32 Å². The first-order chi connectivity index (χ1) is 11.2. The van der Waals surface area contributed by atoms with Crippen LogP contribution in [0.5, 0.6) is 0 Å². The number of carbonyl (C=O) groups excluding carboxylic acids is 1. The Kier molecular flexibility index (Phi) is 3.15. The molecule has 0 fully saturated rings. The van der Waals surface area contributed by atoms with Crippen LogP contribution in [0.1, 0.15) is 23.6 Å². The number of aromatic nitrogens is 3. The highest BCUT2D eigenvalue weighted by Crippen LogP contribution is 2.36. The third-order valence-electron chi connectivity index (χ3n) is 3.95. The molecule has 0 unspecified atom stereocenters. The van der Waals surface area contributed by atoms with Crippen LogP contribution >= 0.6 is 0 Å². The first kappa shape index (κ1) is 13.6. The number of benzene rings is 1. The smallest absolute Gasteiger partial charge is 0.226 e. The van der Waals surface area contributed by atoms with Gasteiger partial charge in [0.25, 0.3) is 0 Å². The number of anilines is 1. The van der Waals surface area contributed by atoms with Crippen LogP contribution in [0, 0.1) is 5.82 Å². The lowest BCUT2D eigenvalue weighted by Crippen LogP contribution is -2.25. The summed E-state index contributed by atoms with van der Waals surface area (Å²) >= 11 is 0. The van der Waals surface area contributed by atoms with Crippen molar-refractivity contribution >= 4 is 11.7 Å². The number of nitrogens with one attached hydrogen (secondary N) is 1. The molecule has 0 saturated carbocycles. The van der Waals surface area contributed by atoms with E-state index in [1.807, 2.05) is 12.1 Å². The van der Waals surface area contributed by atoms with Crippen LogP contribution in [0.2, 0.25) is 0 Å². The van der Waals surface area contributed by atoms with E-state index in [0.29, 0.717) is 17.9 Å². The van der Waals surface area contributed by atoms with Gasteiger partial charge in [-0.05, 0) is 29.8 Å². The predicted octanol–water partition coefficient (Wildman–Crippen LogP) is 2.88. The SMILES string of the molecule is O=C1C[C@@H](c2cccnc2)c2ncn(-c3cccc(F)c3)c2N1. The van der Waals surface area contributed by atoms with Crippen molar-refractivity contribution < 1.29 is 9.18 Å². The average Bonchev–Trinajstić information content (AvgIpc) is 2.98. The molecule has 23 heavy (non-hydrogen) atoms. The summed E-state index contributed by atoms with van der Waals surface area (Å²) < 4.78 is 15.2. The topological polar surface area (TPSA) is 59.8 Å². The summed E-state index contributed by atoms with van der Waals surface area (Å²) in [6.07, 6.45) is 5.36. The van der Waals surface area contributed by atoms with Crippen LogP contribution in [0.15, 0.2) is 55.1 Å². The number of fused-ring (bicyclic) bond motifs is 1. The maximum absolute atomic E-state index is 13.5. The number of pyridine rings is 1. The van der Waals surface area contributed by atoms with Crippen molar-refractivity contribution in [3.05, 3.63) is 72.2 Å². The Morgan fingerprint density at radius 1 is 1.26 bits per heavy atom. The largest absolute Gasteiger partial charge is 0.310 e. The maximum atomic E-state index is 13.5. The van der Waals surface area contributed by atoms with Crippen LogP contribution in [0.4, 0.5) is 10.2 Å². The first-order valence-electron chi connectivity index (χ1n) is 7.25. The number of amides is 1. The lowest BCUT2D eigenvalue weighted by molar-refractivity contribution is -0.116. The third-order valence-corrected chi connectivity index (χ3v) is 3.95. The molecule has 0 spiro atoms. The molecular formula is C17H13FN4O. The normalized spacial score (nSPS) is 16.7. The zero-order valence-corrected chi connectivity index (χ0v) is 12.1. The van der Waals surface area contributed by atoms with Gasteiger partial charge in [-0.3, -0.25) is 14.3 Å². The molecule has 1 N–H and O–H groups in total. The van der Waals surface area contributed by atoms with E-state index in [4.69, 9.17) is 0 Å². The van der Waals surface area contributed by atoms with Gasteiger partial charge >= 0.3 is 0 Å². The van der Waals surface area contributed by atoms with Gasteiger partial charge in [0.2, 0.25) is 5.91 Å². The summed E-state index contributed by atoms with van der Waals surface area (Å²) in [7, 11) is 0. The minimum absolute atomic E-state index is 0.0930. The van der Waals surface area contributed by atoms with Crippen LogP contribution in [-0.4, -0.2) is 20.4 Å². The lowest BCUT2D eigenvalue weighted by Gasteiger charge is -2.23. The van der Waals surface area contributed by atoms with Gasteiger partial charge in [-0.25, -0.2) is 9.37 Å². The van der Waals surface area contributed by atoms with Crippen molar-refractivity contribution in [1.82, 2.24) is 14.5 Å². The molecule has 3 aromatic rings. The van der Waals surface area contributed by atoms with Gasteiger partial charge in [0, 0.05) is 24.7 Å². The van der Waals surface area contributed by atoms with Crippen molar-refractivity contribution in [2.45, 2.75) is 12.3 Å². The highest BCUT2D eigenvalue weighted by molar-refractivity contribution is 5.94. The predicted molar refractivity (Wildman–Crippen MR) is 82.8 cm³/mol. The number of rotatable bonds is 2. The lowest BCUT2D eigenvalue weighted by atomic mass is 9.91. The minimum atomic E-state index is -0.337. The van der Waals surface area contributed by atoms with E-state index < -0.39 is 0 Å². The molecule has 3 heterocycles. The summed E-state index contributed by atoms with van der Waals surface area (Å²) in [4.78, 5) is 20.7. The zero-order chi connectivity index (χ0) is 15.8. The van der Waals surface area contributed by atoms with Crippen molar-refractivity contribution in [3.63, 3.8) is 0 Å². The van der Waals surface area contributed by atoms with Crippen LogP contribution in [0.3, 0.4) is 0 Å². The van der Waals surface area contributed by atoms with Gasteiger partial charge in [-0.2, -0.15) is 0 Å². The number of hydrogen-bond donors (Lipinski definition) is 1. The van der Waals surface area contributed by atoms with Crippen LogP contribution in [0.25, 0.3) is 5.69 Å². The molecule has 6 heteroatoms. The molecule has 1 aromatic carbocycles. The molecule has 0 aliphatic carbocycles. The Morgan fingerprint density at radius 3 is 2.96 bits per heavy atom. The number of halogens is 1. The quantitative estimate of drug-likeness (QED) is 0.792. The number of imidazole rings is 1. The zero-order valence-electron chi connectivity index (χ0n) is 12.1. The summed E-state index contributed by atoms with van der Waals surface area (Å²) in [6, 6.07) is 9.95. The Hall–Kier alpha value is -3.02. The Labute approximate surface area is 131 Å². The van der Waals surface area contributed by atoms with E-state index in [1.54, 1.807) is 35.4 Å². The molecule has 0 bridgehead atoms. The summed E-state index contributed by atoms with van der Waals surface area (Å²) in [6.45, 7) is 0. The number of nitrogens with zero attached hydrogens (tertiary/aromatic N) is 3. The summed E-state index contributed by atoms with van der Waals surface area (Å²) in [5, 5.41) is 2.84. The molecule has 2 aromatic heterocycles. The standard InChI is InChI=1S/C17H13FN4O/c18-12-4-1-5-13(7-12)22-10-20-16-14(8-15(23)21-17(16)22)11-3-2-6-19-9-11/h1-7,9-10,14H,8H2,(H,21,23)/t14-/m0/s1. The molecule has 1 atom stereocenters. The van der Waals surface area contributed by atoms with Crippen molar-refractivity contribution in [3.8, 4) is 5.69 Å². The molecule has 0 radical (unpaired) electrons. The number of hydrogen-bond acceptors (Lipinski definition) is 3. The second-order valence-electron chi connectivity index (χ2n) is 5.42. The van der Waals surface area contributed by atoms with Crippen LogP contribution in [-0.2, 0) is 4.79 Å². The Morgan fingerprint density at radius 2 is 2.17 bits per heavy atom. The third kappa shape index (κ3) is 2.38. The molecule has 1 aliphatic rings. The van der Waals surface area contributed by atoms with Gasteiger partial charge in [0.05, 0.1) is 11.4 Å². The minimum Gasteiger partial charge on any atom is -0.310 e.